The van der Waals surface area contributed by atoms with Crippen molar-refractivity contribution in [2.75, 3.05) is 18.1 Å². The molecule has 0 radical (unpaired) electrons. The number of carbonyl (C=O) groups excluding carboxylic acids is 2. The van der Waals surface area contributed by atoms with Gasteiger partial charge in [-0.2, -0.15) is 0 Å². The highest BCUT2D eigenvalue weighted by Crippen LogP contribution is 2.46. The van der Waals surface area contributed by atoms with Gasteiger partial charge in [0.1, 0.15) is 17.6 Å². The fourth-order valence-electron chi connectivity index (χ4n) is 5.43. The number of hydrogen-bond acceptors (Lipinski definition) is 8. The van der Waals surface area contributed by atoms with E-state index in [0.29, 0.717) is 47.4 Å². The first kappa shape index (κ1) is 26.8. The van der Waals surface area contributed by atoms with Crippen molar-refractivity contribution < 1.29 is 28.9 Å². The summed E-state index contributed by atoms with van der Waals surface area (Å²) in [5, 5.41) is 12.0. The lowest BCUT2D eigenvalue weighted by Crippen LogP contribution is -2.29. The number of carbonyl (C=O) groups is 2. The normalized spacial score (nSPS) is 19.5. The summed E-state index contributed by atoms with van der Waals surface area (Å²) in [5.74, 6) is 0.0159. The molecule has 0 spiro atoms. The topological polar surface area (TPSA) is 98.2 Å². The number of Topliss-reactive ketones (excluding diaryl/α,β-unsaturated/α-hetero) is 1. The van der Waals surface area contributed by atoms with Gasteiger partial charge in [-0.1, -0.05) is 23.5 Å². The Labute approximate surface area is 241 Å². The molecule has 0 unspecified atom stereocenters. The molecule has 9 heteroatoms. The first-order valence-corrected chi connectivity index (χ1v) is 14.5. The second kappa shape index (κ2) is 10.6. The van der Waals surface area contributed by atoms with Gasteiger partial charge in [0.15, 0.2) is 16.6 Å². The van der Waals surface area contributed by atoms with Crippen molar-refractivity contribution >= 4 is 44.1 Å². The highest BCUT2D eigenvalue weighted by atomic mass is 32.1. The van der Waals surface area contributed by atoms with Crippen LogP contribution in [0, 0.1) is 6.92 Å². The highest BCUT2D eigenvalue weighted by Gasteiger charge is 2.48. The number of aliphatic hydroxyl groups is 1. The maximum atomic E-state index is 13.7. The molecule has 1 N–H and O–H groups in total. The largest absolute Gasteiger partial charge is 0.507 e. The van der Waals surface area contributed by atoms with Crippen molar-refractivity contribution in [1.29, 1.82) is 0 Å². The number of anilines is 1. The Bertz CT molecular complexity index is 1720. The van der Waals surface area contributed by atoms with E-state index in [0.717, 1.165) is 27.1 Å². The first-order chi connectivity index (χ1) is 19.8. The zero-order valence-electron chi connectivity index (χ0n) is 23.3. The number of aromatic nitrogens is 1. The Morgan fingerprint density at radius 2 is 1.83 bits per heavy atom. The molecule has 1 saturated heterocycles. The van der Waals surface area contributed by atoms with Crippen molar-refractivity contribution in [2.45, 2.75) is 46.3 Å². The second-order valence-electron chi connectivity index (χ2n) is 10.2. The van der Waals surface area contributed by atoms with Gasteiger partial charge >= 0.3 is 5.91 Å². The molecule has 6 rings (SSSR count). The molecule has 2 atom stereocenters. The Kier molecular flexibility index (Phi) is 6.91. The average molecular weight is 571 g/mol. The number of hydrogen-bond donors (Lipinski definition) is 1. The molecular weight excluding hydrogens is 540 g/mol. The second-order valence-corrected chi connectivity index (χ2v) is 11.2. The third-order valence-electron chi connectivity index (χ3n) is 7.24. The molecule has 2 aliphatic rings. The number of nitrogens with zero attached hydrogens (tertiary/aromatic N) is 2. The van der Waals surface area contributed by atoms with Gasteiger partial charge in [0.25, 0.3) is 5.78 Å². The van der Waals surface area contributed by atoms with E-state index < -0.39 is 17.7 Å². The Balaban J connectivity index is 1.55. The fraction of sp³-hybridized carbons (Fsp3) is 0.281. The van der Waals surface area contributed by atoms with Crippen LogP contribution < -0.4 is 19.1 Å². The van der Waals surface area contributed by atoms with Crippen molar-refractivity contribution in [3.05, 3.63) is 82.4 Å². The molecule has 3 aromatic carbocycles. The number of ketones is 1. The van der Waals surface area contributed by atoms with Gasteiger partial charge in [-0.15, -0.1) is 0 Å². The monoisotopic (exact) mass is 570 g/mol. The molecule has 3 heterocycles. The van der Waals surface area contributed by atoms with Crippen LogP contribution in [0.3, 0.4) is 0 Å². The van der Waals surface area contributed by atoms with E-state index in [1.54, 1.807) is 30.3 Å². The third-order valence-corrected chi connectivity index (χ3v) is 8.25. The summed E-state index contributed by atoms with van der Waals surface area (Å²) < 4.78 is 18.3. The minimum absolute atomic E-state index is 0.0102. The predicted octanol–water partition coefficient (Wildman–Crippen LogP) is 6.35. The fourth-order valence-corrected chi connectivity index (χ4v) is 6.52. The van der Waals surface area contributed by atoms with E-state index in [9.17, 15) is 14.7 Å². The minimum atomic E-state index is -0.935. The molecular formula is C32H30N2O6S. The SMILES string of the molecule is CCOc1ccc([C@@H]2C(=C(O)c3ccc4c(c3)C[C@@H](C)O4)C(=O)C(=O)N2c2nc3ccc(C)cc3s2)cc1OCC. The summed E-state index contributed by atoms with van der Waals surface area (Å²) in [7, 11) is 0. The van der Waals surface area contributed by atoms with E-state index in [-0.39, 0.29) is 17.4 Å². The molecule has 210 valence electrons. The van der Waals surface area contributed by atoms with Gasteiger partial charge in [-0.3, -0.25) is 14.5 Å². The van der Waals surface area contributed by atoms with Crippen LogP contribution in [0.1, 0.15) is 49.1 Å². The summed E-state index contributed by atoms with van der Waals surface area (Å²) >= 11 is 1.33. The molecule has 0 bridgehead atoms. The number of ether oxygens (including phenoxy) is 3. The Morgan fingerprint density at radius 3 is 2.61 bits per heavy atom. The Hall–Kier alpha value is -4.37. The standard InChI is InChI=1S/C32H30N2O6S/c1-5-38-24-12-8-19(16-25(24)39-6-2)28-27(29(35)20-9-11-23-21(15-20)14-18(4)40-23)30(36)31(37)34(28)32-33-22-10-7-17(3)13-26(22)41-32/h7-13,15-16,18,28,35H,5-6,14H2,1-4H3/t18-,28-/m1/s1. The number of thiazole rings is 1. The van der Waals surface area contributed by atoms with Gasteiger partial charge in [-0.05, 0) is 86.8 Å². The lowest BCUT2D eigenvalue weighted by atomic mass is 9.94. The number of benzene rings is 3. The zero-order chi connectivity index (χ0) is 28.8. The van der Waals surface area contributed by atoms with E-state index in [1.807, 2.05) is 52.0 Å². The lowest BCUT2D eigenvalue weighted by molar-refractivity contribution is -0.132. The molecule has 1 aromatic heterocycles. The van der Waals surface area contributed by atoms with Crippen molar-refractivity contribution in [1.82, 2.24) is 4.98 Å². The molecule has 0 aliphatic carbocycles. The van der Waals surface area contributed by atoms with Crippen LogP contribution >= 0.6 is 11.3 Å². The highest BCUT2D eigenvalue weighted by molar-refractivity contribution is 7.22. The summed E-state index contributed by atoms with van der Waals surface area (Å²) in [5.41, 5.74) is 3.75. The summed E-state index contributed by atoms with van der Waals surface area (Å²) in [4.78, 5) is 33.5. The molecule has 2 aliphatic heterocycles. The molecule has 1 fully saturated rings. The van der Waals surface area contributed by atoms with Crippen molar-refractivity contribution in [3.8, 4) is 17.2 Å². The molecule has 1 amide bonds. The van der Waals surface area contributed by atoms with E-state index in [4.69, 9.17) is 19.2 Å². The number of rotatable bonds is 7. The lowest BCUT2D eigenvalue weighted by Gasteiger charge is -2.24. The minimum Gasteiger partial charge on any atom is -0.507 e. The van der Waals surface area contributed by atoms with Gasteiger partial charge in [0.05, 0.1) is 35.0 Å². The smallest absolute Gasteiger partial charge is 0.301 e. The van der Waals surface area contributed by atoms with Crippen LogP contribution in [-0.2, 0) is 16.0 Å². The van der Waals surface area contributed by atoms with Crippen LogP contribution in [0.5, 0.6) is 17.2 Å². The number of aliphatic hydroxyl groups excluding tert-OH is 1. The van der Waals surface area contributed by atoms with E-state index >= 15 is 0 Å². The van der Waals surface area contributed by atoms with Crippen LogP contribution in [-0.4, -0.2) is 41.1 Å². The average Bonchev–Trinajstić information content (AvgIpc) is 3.61. The van der Waals surface area contributed by atoms with Crippen molar-refractivity contribution in [3.63, 3.8) is 0 Å². The molecule has 41 heavy (non-hydrogen) atoms. The maximum absolute atomic E-state index is 13.7. The van der Waals surface area contributed by atoms with E-state index in [1.165, 1.54) is 16.2 Å². The van der Waals surface area contributed by atoms with Gasteiger partial charge in [-0.25, -0.2) is 4.98 Å². The third kappa shape index (κ3) is 4.70. The summed E-state index contributed by atoms with van der Waals surface area (Å²) in [6.45, 7) is 8.57. The molecule has 0 saturated carbocycles. The van der Waals surface area contributed by atoms with Crippen molar-refractivity contribution in [2.24, 2.45) is 0 Å². The van der Waals surface area contributed by atoms with Gasteiger partial charge < -0.3 is 19.3 Å². The number of aryl methyl sites for hydroxylation is 1. The quantitative estimate of drug-likeness (QED) is 0.157. The van der Waals surface area contributed by atoms with Crippen LogP contribution in [0.15, 0.2) is 60.2 Å². The first-order valence-electron chi connectivity index (χ1n) is 13.7. The van der Waals surface area contributed by atoms with Gasteiger partial charge in [0.2, 0.25) is 0 Å². The predicted molar refractivity (Wildman–Crippen MR) is 158 cm³/mol. The summed E-state index contributed by atoms with van der Waals surface area (Å²) in [6, 6.07) is 15.6. The van der Waals surface area contributed by atoms with E-state index in [2.05, 4.69) is 0 Å². The molecule has 8 nitrogen and oxygen atoms in total. The molecule has 4 aromatic rings. The van der Waals surface area contributed by atoms with Crippen LogP contribution in [0.4, 0.5) is 5.13 Å². The van der Waals surface area contributed by atoms with Gasteiger partial charge in [0, 0.05) is 12.0 Å². The summed E-state index contributed by atoms with van der Waals surface area (Å²) in [6.07, 6.45) is 0.715. The number of fused-ring (bicyclic) bond motifs is 2. The Morgan fingerprint density at radius 1 is 1.05 bits per heavy atom. The van der Waals surface area contributed by atoms with Crippen LogP contribution in [0.25, 0.3) is 16.0 Å². The van der Waals surface area contributed by atoms with Crippen LogP contribution in [0.2, 0.25) is 0 Å². The number of amides is 1. The maximum Gasteiger partial charge on any atom is 0.301 e. The zero-order valence-corrected chi connectivity index (χ0v) is 24.1.